The molecule has 0 unspecified atom stereocenters. The van der Waals surface area contributed by atoms with E-state index in [0.29, 0.717) is 11.4 Å². The smallest absolute Gasteiger partial charge is 0.131 e. The van der Waals surface area contributed by atoms with Crippen molar-refractivity contribution >= 4 is 22.7 Å². The highest BCUT2D eigenvalue weighted by atomic mass is 19.1. The molecule has 0 saturated heterocycles. The highest BCUT2D eigenvalue weighted by Gasteiger charge is 2.13. The summed E-state index contributed by atoms with van der Waals surface area (Å²) in [6.07, 6.45) is 1.53. The second-order valence-electron chi connectivity index (χ2n) is 4.35. The fourth-order valence-electron chi connectivity index (χ4n) is 2.02. The Bertz CT molecular complexity index is 589. The lowest BCUT2D eigenvalue weighted by atomic mass is 9.97. The molecule has 1 heterocycles. The van der Waals surface area contributed by atoms with Crippen molar-refractivity contribution in [1.29, 1.82) is 0 Å². The van der Waals surface area contributed by atoms with E-state index >= 15 is 0 Å². The van der Waals surface area contributed by atoms with E-state index < -0.39 is 0 Å². The number of anilines is 1. The largest absolute Gasteiger partial charge is 0.384 e. The molecular weight excluding hydrogens is 239 g/mol. The zero-order valence-corrected chi connectivity index (χ0v) is 12.0. The first-order valence-corrected chi connectivity index (χ1v) is 6.55. The maximum absolute atomic E-state index is 13.7. The van der Waals surface area contributed by atoms with Gasteiger partial charge in [0.25, 0.3) is 0 Å². The van der Waals surface area contributed by atoms with Crippen LogP contribution in [-0.4, -0.2) is 4.98 Å². The van der Waals surface area contributed by atoms with Crippen LogP contribution >= 0.6 is 0 Å². The number of nitrogen functional groups attached to an aromatic ring is 1. The first kappa shape index (κ1) is 15.2. The fourth-order valence-corrected chi connectivity index (χ4v) is 2.02. The van der Waals surface area contributed by atoms with Gasteiger partial charge in [0.05, 0.1) is 5.69 Å². The number of rotatable bonds is 2. The van der Waals surface area contributed by atoms with Gasteiger partial charge in [0.1, 0.15) is 11.6 Å². The minimum Gasteiger partial charge on any atom is -0.384 e. The van der Waals surface area contributed by atoms with Crippen molar-refractivity contribution in [2.24, 2.45) is 0 Å². The van der Waals surface area contributed by atoms with Gasteiger partial charge in [-0.3, -0.25) is 0 Å². The molecule has 0 saturated carbocycles. The maximum atomic E-state index is 13.7. The molecule has 102 valence electrons. The third-order valence-corrected chi connectivity index (χ3v) is 2.78. The highest BCUT2D eigenvalue weighted by molar-refractivity contribution is 5.94. The highest BCUT2D eigenvalue weighted by Crippen LogP contribution is 2.30. The van der Waals surface area contributed by atoms with Crippen molar-refractivity contribution in [2.75, 3.05) is 5.73 Å². The molecule has 2 rings (SSSR count). The van der Waals surface area contributed by atoms with Gasteiger partial charge in [-0.1, -0.05) is 46.4 Å². The summed E-state index contributed by atoms with van der Waals surface area (Å²) in [5.41, 5.74) is 7.07. The van der Waals surface area contributed by atoms with E-state index in [9.17, 15) is 4.39 Å². The Kier molecular flexibility index (Phi) is 5.04. The van der Waals surface area contributed by atoms with Crippen molar-refractivity contribution in [2.45, 2.75) is 33.6 Å². The number of fused-ring (bicyclic) bond motifs is 1. The first-order valence-electron chi connectivity index (χ1n) is 6.55. The number of hydrogen-bond donors (Lipinski definition) is 1. The van der Waals surface area contributed by atoms with Gasteiger partial charge in [-0.25, -0.2) is 9.37 Å². The number of pyridine rings is 1. The van der Waals surface area contributed by atoms with E-state index in [1.54, 1.807) is 12.1 Å². The van der Waals surface area contributed by atoms with Crippen molar-refractivity contribution in [3.63, 3.8) is 0 Å². The zero-order valence-electron chi connectivity index (χ0n) is 12.0. The maximum Gasteiger partial charge on any atom is 0.131 e. The Labute approximate surface area is 114 Å². The minimum atomic E-state index is -0.277. The summed E-state index contributed by atoms with van der Waals surface area (Å²) in [7, 11) is 0. The third-order valence-electron chi connectivity index (χ3n) is 2.78. The van der Waals surface area contributed by atoms with Crippen LogP contribution in [0.4, 0.5) is 10.2 Å². The van der Waals surface area contributed by atoms with E-state index in [-0.39, 0.29) is 11.7 Å². The van der Waals surface area contributed by atoms with Crippen LogP contribution in [0.15, 0.2) is 24.8 Å². The van der Waals surface area contributed by atoms with Gasteiger partial charge in [-0.15, -0.1) is 0 Å². The topological polar surface area (TPSA) is 38.9 Å². The molecule has 1 aromatic heterocycles. The molecule has 0 radical (unpaired) electrons. The van der Waals surface area contributed by atoms with Gasteiger partial charge >= 0.3 is 0 Å². The number of nitrogens with two attached hydrogens (primary N) is 1. The molecule has 19 heavy (non-hydrogen) atoms. The normalized spacial score (nSPS) is 10.2. The van der Waals surface area contributed by atoms with Gasteiger partial charge in [0.15, 0.2) is 0 Å². The molecule has 0 aliphatic rings. The van der Waals surface area contributed by atoms with Gasteiger partial charge in [0, 0.05) is 10.9 Å². The number of aromatic nitrogens is 1. The molecule has 3 heteroatoms. The van der Waals surface area contributed by atoms with Gasteiger partial charge in [-0.05, 0) is 23.4 Å². The molecule has 0 aliphatic carbocycles. The molecular formula is C16H21FN2. The minimum absolute atomic E-state index is 0.182. The summed E-state index contributed by atoms with van der Waals surface area (Å²) in [6, 6.07) is 4.91. The van der Waals surface area contributed by atoms with Crippen LogP contribution in [-0.2, 0) is 0 Å². The lowest BCUT2D eigenvalue weighted by molar-refractivity contribution is 0.626. The number of benzene rings is 1. The van der Waals surface area contributed by atoms with E-state index in [1.165, 1.54) is 12.1 Å². The van der Waals surface area contributed by atoms with Crippen LogP contribution in [0, 0.1) is 5.82 Å². The Morgan fingerprint density at radius 2 is 1.95 bits per heavy atom. The summed E-state index contributed by atoms with van der Waals surface area (Å²) in [6.45, 7) is 11.7. The van der Waals surface area contributed by atoms with Crippen molar-refractivity contribution in [3.8, 4) is 0 Å². The van der Waals surface area contributed by atoms with Crippen LogP contribution in [0.1, 0.15) is 44.9 Å². The Morgan fingerprint density at radius 3 is 2.47 bits per heavy atom. The molecule has 2 aromatic rings. The molecule has 0 aliphatic heterocycles. The second-order valence-corrected chi connectivity index (χ2v) is 4.35. The third kappa shape index (κ3) is 2.92. The van der Waals surface area contributed by atoms with E-state index in [4.69, 9.17) is 5.73 Å². The predicted molar refractivity (Wildman–Crippen MR) is 81.6 cm³/mol. The Morgan fingerprint density at radius 1 is 1.32 bits per heavy atom. The average molecular weight is 260 g/mol. The van der Waals surface area contributed by atoms with Crippen molar-refractivity contribution in [1.82, 2.24) is 4.98 Å². The summed E-state index contributed by atoms with van der Waals surface area (Å²) in [5.74, 6) is 0.366. The molecule has 0 amide bonds. The summed E-state index contributed by atoms with van der Waals surface area (Å²) in [5, 5.41) is 1.71. The van der Waals surface area contributed by atoms with E-state index in [2.05, 4.69) is 11.6 Å². The van der Waals surface area contributed by atoms with Crippen LogP contribution in [0.5, 0.6) is 0 Å². The van der Waals surface area contributed by atoms with Crippen LogP contribution in [0.2, 0.25) is 0 Å². The van der Waals surface area contributed by atoms with Gasteiger partial charge in [-0.2, -0.15) is 0 Å². The molecule has 0 bridgehead atoms. The standard InChI is InChI=1S/C14H15FN2.C2H6/c1-4-10-11(15)6-5-9-7-12(16)17-14(8(2)3)13(9)10;1-2/h4-8H,1H2,2-3H3,(H2,16,17);1-2H3. The second kappa shape index (κ2) is 6.32. The lowest BCUT2D eigenvalue weighted by Crippen LogP contribution is -2.01. The molecule has 1 aromatic carbocycles. The predicted octanol–water partition coefficient (Wildman–Crippen LogP) is 4.75. The van der Waals surface area contributed by atoms with Gasteiger partial charge in [0.2, 0.25) is 0 Å². The fraction of sp³-hybridized carbons (Fsp3) is 0.312. The molecule has 2 N–H and O–H groups in total. The number of hydrogen-bond acceptors (Lipinski definition) is 2. The molecule has 0 fully saturated rings. The summed E-state index contributed by atoms with van der Waals surface area (Å²) in [4.78, 5) is 4.31. The van der Waals surface area contributed by atoms with E-state index in [0.717, 1.165) is 16.5 Å². The van der Waals surface area contributed by atoms with Crippen LogP contribution < -0.4 is 5.73 Å². The van der Waals surface area contributed by atoms with E-state index in [1.807, 2.05) is 27.7 Å². The van der Waals surface area contributed by atoms with Crippen molar-refractivity contribution < 1.29 is 4.39 Å². The van der Waals surface area contributed by atoms with Crippen LogP contribution in [0.25, 0.3) is 16.8 Å². The number of nitrogens with zero attached hydrogens (tertiary/aromatic N) is 1. The zero-order chi connectivity index (χ0) is 14.6. The lowest BCUT2D eigenvalue weighted by Gasteiger charge is -2.13. The van der Waals surface area contributed by atoms with Gasteiger partial charge < -0.3 is 5.73 Å². The number of halogens is 1. The summed E-state index contributed by atoms with van der Waals surface area (Å²) >= 11 is 0. The molecule has 0 spiro atoms. The Balaban J connectivity index is 0.000000861. The van der Waals surface area contributed by atoms with Crippen molar-refractivity contribution in [3.05, 3.63) is 41.9 Å². The average Bonchev–Trinajstić information content (AvgIpc) is 2.40. The monoisotopic (exact) mass is 260 g/mol. The summed E-state index contributed by atoms with van der Waals surface area (Å²) < 4.78 is 13.7. The molecule has 0 atom stereocenters. The van der Waals surface area contributed by atoms with Crippen LogP contribution in [0.3, 0.4) is 0 Å². The SMILES string of the molecule is C=Cc1c(F)ccc2cc(N)nc(C(C)C)c12.CC. The Hall–Kier alpha value is -1.90. The first-order chi connectivity index (χ1) is 9.04. The quantitative estimate of drug-likeness (QED) is 0.846. The molecule has 2 nitrogen and oxygen atoms in total.